The second kappa shape index (κ2) is 9.45. The van der Waals surface area contributed by atoms with Crippen molar-refractivity contribution in [1.29, 1.82) is 0 Å². The first-order valence-corrected chi connectivity index (χ1v) is 12.2. The Balaban J connectivity index is 1.47. The summed E-state index contributed by atoms with van der Waals surface area (Å²) in [5.74, 6) is 1.48. The quantitative estimate of drug-likeness (QED) is 0.481. The van der Waals surface area contributed by atoms with E-state index in [-0.39, 0.29) is 17.6 Å². The summed E-state index contributed by atoms with van der Waals surface area (Å²) < 4.78 is 36.5. The standard InChI is InChI=1S/C26H38F2O/c1-3-5-6-17-7-12-23-21(13-17)16-24(27)25(26(23)28)20-9-8-19-15-22(29-4-2)11-10-18(19)14-20/h16-20,22H,3-15H2,1-2H3. The molecular formula is C26H38F2O. The van der Waals surface area contributed by atoms with Crippen LogP contribution in [-0.4, -0.2) is 12.7 Å². The van der Waals surface area contributed by atoms with Gasteiger partial charge in [0.05, 0.1) is 6.10 Å². The molecule has 2 saturated carbocycles. The summed E-state index contributed by atoms with van der Waals surface area (Å²) in [6, 6.07) is 1.70. The lowest BCUT2D eigenvalue weighted by atomic mass is 9.65. The zero-order valence-electron chi connectivity index (χ0n) is 18.3. The molecule has 5 unspecified atom stereocenters. The number of rotatable bonds is 6. The van der Waals surface area contributed by atoms with E-state index in [4.69, 9.17) is 4.74 Å². The second-order valence-corrected chi connectivity index (χ2v) is 9.90. The van der Waals surface area contributed by atoms with Crippen molar-refractivity contribution in [2.24, 2.45) is 17.8 Å². The van der Waals surface area contributed by atoms with E-state index in [0.29, 0.717) is 29.4 Å². The molecule has 0 radical (unpaired) electrons. The Hall–Kier alpha value is -0.960. The summed E-state index contributed by atoms with van der Waals surface area (Å²) in [5.41, 5.74) is 2.19. The molecule has 29 heavy (non-hydrogen) atoms. The van der Waals surface area contributed by atoms with Crippen LogP contribution in [0.2, 0.25) is 0 Å². The lowest BCUT2D eigenvalue weighted by molar-refractivity contribution is -0.00984. The number of unbranched alkanes of at least 4 members (excludes halogenated alkanes) is 1. The summed E-state index contributed by atoms with van der Waals surface area (Å²) in [6.07, 6.45) is 13.1. The van der Waals surface area contributed by atoms with Gasteiger partial charge in [0.25, 0.3) is 0 Å². The Morgan fingerprint density at radius 3 is 2.59 bits per heavy atom. The monoisotopic (exact) mass is 404 g/mol. The van der Waals surface area contributed by atoms with Crippen molar-refractivity contribution in [1.82, 2.24) is 0 Å². The molecule has 162 valence electrons. The molecule has 0 N–H and O–H groups in total. The molecule has 0 bridgehead atoms. The van der Waals surface area contributed by atoms with Gasteiger partial charge in [-0.1, -0.05) is 26.2 Å². The molecule has 5 atom stereocenters. The van der Waals surface area contributed by atoms with Crippen LogP contribution in [0.5, 0.6) is 0 Å². The SMILES string of the molecule is CCCCC1CCc2c(cc(F)c(C3CCC4CC(OCC)CCC4C3)c2F)C1. The predicted molar refractivity (Wildman–Crippen MR) is 114 cm³/mol. The Kier molecular flexibility index (Phi) is 6.94. The van der Waals surface area contributed by atoms with Crippen LogP contribution >= 0.6 is 0 Å². The van der Waals surface area contributed by atoms with Crippen LogP contribution in [0.15, 0.2) is 6.07 Å². The van der Waals surface area contributed by atoms with Crippen LogP contribution in [0.3, 0.4) is 0 Å². The van der Waals surface area contributed by atoms with E-state index in [1.165, 1.54) is 19.3 Å². The first-order chi connectivity index (χ1) is 14.1. The second-order valence-electron chi connectivity index (χ2n) is 9.90. The van der Waals surface area contributed by atoms with Gasteiger partial charge in [0.1, 0.15) is 11.6 Å². The smallest absolute Gasteiger partial charge is 0.133 e. The summed E-state index contributed by atoms with van der Waals surface area (Å²) in [7, 11) is 0. The van der Waals surface area contributed by atoms with Gasteiger partial charge in [-0.25, -0.2) is 8.78 Å². The third-order valence-electron chi connectivity index (χ3n) is 8.10. The van der Waals surface area contributed by atoms with Crippen LogP contribution in [0.25, 0.3) is 0 Å². The Bertz CT molecular complexity index is 700. The number of hydrogen-bond acceptors (Lipinski definition) is 1. The zero-order valence-corrected chi connectivity index (χ0v) is 18.3. The van der Waals surface area contributed by atoms with Crippen LogP contribution in [0.4, 0.5) is 8.78 Å². The molecule has 1 aromatic carbocycles. The number of fused-ring (bicyclic) bond motifs is 2. The molecule has 4 rings (SSSR count). The molecule has 0 heterocycles. The van der Waals surface area contributed by atoms with E-state index < -0.39 is 0 Å². The molecule has 0 amide bonds. The fourth-order valence-electron chi connectivity index (χ4n) is 6.55. The molecule has 0 aromatic heterocycles. The van der Waals surface area contributed by atoms with Gasteiger partial charge in [-0.05, 0) is 106 Å². The molecular weight excluding hydrogens is 366 g/mol. The van der Waals surface area contributed by atoms with Crippen molar-refractivity contribution >= 4 is 0 Å². The first-order valence-electron chi connectivity index (χ1n) is 12.2. The lowest BCUT2D eigenvalue weighted by Gasteiger charge is -2.42. The molecule has 2 fully saturated rings. The molecule has 1 aromatic rings. The van der Waals surface area contributed by atoms with Crippen LogP contribution in [-0.2, 0) is 17.6 Å². The van der Waals surface area contributed by atoms with Crippen molar-refractivity contribution in [3.05, 3.63) is 34.4 Å². The average Bonchev–Trinajstić information content (AvgIpc) is 2.72. The topological polar surface area (TPSA) is 9.23 Å². The van der Waals surface area contributed by atoms with E-state index in [2.05, 4.69) is 13.8 Å². The highest BCUT2D eigenvalue weighted by atomic mass is 19.1. The molecule has 3 heteroatoms. The van der Waals surface area contributed by atoms with Gasteiger partial charge in [-0.3, -0.25) is 0 Å². The molecule has 1 nitrogen and oxygen atoms in total. The Morgan fingerprint density at radius 2 is 1.79 bits per heavy atom. The molecule has 3 aliphatic carbocycles. The summed E-state index contributed by atoms with van der Waals surface area (Å²) >= 11 is 0. The van der Waals surface area contributed by atoms with Crippen molar-refractivity contribution in [2.75, 3.05) is 6.61 Å². The van der Waals surface area contributed by atoms with E-state index in [9.17, 15) is 0 Å². The van der Waals surface area contributed by atoms with Gasteiger partial charge in [0, 0.05) is 12.2 Å². The van der Waals surface area contributed by atoms with Crippen LogP contribution in [0, 0.1) is 29.4 Å². The number of hydrogen-bond donors (Lipinski definition) is 0. The highest BCUT2D eigenvalue weighted by Crippen LogP contribution is 2.48. The number of benzene rings is 1. The lowest BCUT2D eigenvalue weighted by Crippen LogP contribution is -2.34. The normalized spacial score (nSPS) is 31.9. The van der Waals surface area contributed by atoms with E-state index >= 15 is 8.78 Å². The average molecular weight is 405 g/mol. The van der Waals surface area contributed by atoms with Crippen LogP contribution in [0.1, 0.15) is 101 Å². The van der Waals surface area contributed by atoms with Gasteiger partial charge in [0.15, 0.2) is 0 Å². The van der Waals surface area contributed by atoms with E-state index in [1.54, 1.807) is 6.07 Å². The largest absolute Gasteiger partial charge is 0.378 e. The maximum Gasteiger partial charge on any atom is 0.133 e. The van der Waals surface area contributed by atoms with Crippen molar-refractivity contribution in [3.8, 4) is 0 Å². The Labute approximate surface area is 175 Å². The fraction of sp³-hybridized carbons (Fsp3) is 0.769. The highest BCUT2D eigenvalue weighted by Gasteiger charge is 2.38. The fourth-order valence-corrected chi connectivity index (χ4v) is 6.55. The summed E-state index contributed by atoms with van der Waals surface area (Å²) in [5, 5.41) is 0. The third-order valence-corrected chi connectivity index (χ3v) is 8.10. The van der Waals surface area contributed by atoms with E-state index in [1.807, 2.05) is 0 Å². The van der Waals surface area contributed by atoms with Gasteiger partial charge in [-0.2, -0.15) is 0 Å². The highest BCUT2D eigenvalue weighted by molar-refractivity contribution is 5.39. The van der Waals surface area contributed by atoms with Crippen molar-refractivity contribution < 1.29 is 13.5 Å². The third kappa shape index (κ3) is 4.55. The summed E-state index contributed by atoms with van der Waals surface area (Å²) in [6.45, 7) is 5.06. The predicted octanol–water partition coefficient (Wildman–Crippen LogP) is 7.35. The van der Waals surface area contributed by atoms with Gasteiger partial charge in [0.2, 0.25) is 0 Å². The van der Waals surface area contributed by atoms with Gasteiger partial charge < -0.3 is 4.74 Å². The van der Waals surface area contributed by atoms with Crippen LogP contribution < -0.4 is 0 Å². The first kappa shape index (κ1) is 21.3. The maximum absolute atomic E-state index is 15.5. The molecule has 0 spiro atoms. The summed E-state index contributed by atoms with van der Waals surface area (Å²) in [4.78, 5) is 0. The minimum absolute atomic E-state index is 0.0583. The number of halogens is 2. The van der Waals surface area contributed by atoms with Crippen molar-refractivity contribution in [3.63, 3.8) is 0 Å². The van der Waals surface area contributed by atoms with Gasteiger partial charge in [-0.15, -0.1) is 0 Å². The maximum atomic E-state index is 15.5. The van der Waals surface area contributed by atoms with Crippen molar-refractivity contribution in [2.45, 2.75) is 103 Å². The minimum atomic E-state index is -0.274. The van der Waals surface area contributed by atoms with E-state index in [0.717, 1.165) is 75.5 Å². The molecule has 0 aliphatic heterocycles. The Morgan fingerprint density at radius 1 is 1.00 bits per heavy atom. The molecule has 0 saturated heterocycles. The number of ether oxygens (including phenoxy) is 1. The minimum Gasteiger partial charge on any atom is -0.378 e. The van der Waals surface area contributed by atoms with Gasteiger partial charge >= 0.3 is 0 Å². The molecule has 3 aliphatic rings. The zero-order chi connectivity index (χ0) is 20.4.